The van der Waals surface area contributed by atoms with E-state index < -0.39 is 0 Å². The molecule has 0 radical (unpaired) electrons. The van der Waals surface area contributed by atoms with Crippen LogP contribution < -0.4 is 0 Å². The lowest BCUT2D eigenvalue weighted by atomic mass is 10.00. The van der Waals surface area contributed by atoms with E-state index in [9.17, 15) is 9.59 Å². The Morgan fingerprint density at radius 3 is 2.06 bits per heavy atom. The Balaban J connectivity index is 2.46. The van der Waals surface area contributed by atoms with Gasteiger partial charge in [0.2, 0.25) is 0 Å². The number of nitrogens with zero attached hydrogens (tertiary/aromatic N) is 1. The van der Waals surface area contributed by atoms with E-state index in [1.165, 1.54) is 14.2 Å². The molecule has 0 amide bonds. The number of hydrogen-bond donors (Lipinski definition) is 0. The molecule has 0 bridgehead atoms. The van der Waals surface area contributed by atoms with Gasteiger partial charge in [0, 0.05) is 19.8 Å². The lowest BCUT2D eigenvalue weighted by Crippen LogP contribution is -2.40. The maximum Gasteiger partial charge on any atom is 0.319 e. The Kier molecular flexibility index (Phi) is 6.67. The maximum atomic E-state index is 11.3. The van der Waals surface area contributed by atoms with Crippen LogP contribution in [0.3, 0.4) is 0 Å². The van der Waals surface area contributed by atoms with E-state index in [4.69, 9.17) is 4.74 Å². The van der Waals surface area contributed by atoms with Gasteiger partial charge >= 0.3 is 11.9 Å². The highest BCUT2D eigenvalue weighted by molar-refractivity contribution is 5.74. The molecule has 0 unspecified atom stereocenters. The van der Waals surface area contributed by atoms with Crippen LogP contribution in [0, 0.1) is 5.92 Å². The standard InChI is InChI=1S/C12H21NO5/c1-16-11(14)8-13(9-12(15)17-2)7-10-3-5-18-6-4-10/h10H,3-9H2,1-2H3. The van der Waals surface area contributed by atoms with Crippen LogP contribution in [0.2, 0.25) is 0 Å². The summed E-state index contributed by atoms with van der Waals surface area (Å²) in [6, 6.07) is 0. The maximum absolute atomic E-state index is 11.3. The van der Waals surface area contributed by atoms with Gasteiger partial charge in [-0.1, -0.05) is 0 Å². The number of hydrogen-bond acceptors (Lipinski definition) is 6. The number of esters is 2. The predicted octanol–water partition coefficient (Wildman–Crippen LogP) is 0.0610. The van der Waals surface area contributed by atoms with Gasteiger partial charge in [0.1, 0.15) is 0 Å². The van der Waals surface area contributed by atoms with Gasteiger partial charge in [-0.3, -0.25) is 14.5 Å². The average Bonchev–Trinajstić information content (AvgIpc) is 2.39. The Labute approximate surface area is 107 Å². The molecule has 1 rings (SSSR count). The summed E-state index contributed by atoms with van der Waals surface area (Å²) in [5, 5.41) is 0. The topological polar surface area (TPSA) is 65.1 Å². The molecule has 0 aromatic rings. The SMILES string of the molecule is COC(=O)CN(CC(=O)OC)CC1CCOCC1. The van der Waals surface area contributed by atoms with Crippen molar-refractivity contribution in [2.75, 3.05) is 47.1 Å². The minimum atomic E-state index is -0.342. The van der Waals surface area contributed by atoms with Crippen LogP contribution in [0.15, 0.2) is 0 Å². The summed E-state index contributed by atoms with van der Waals surface area (Å²) in [6.45, 7) is 2.41. The van der Waals surface area contributed by atoms with Crippen molar-refractivity contribution in [1.29, 1.82) is 0 Å². The number of ether oxygens (including phenoxy) is 3. The second-order valence-electron chi connectivity index (χ2n) is 4.38. The summed E-state index contributed by atoms with van der Waals surface area (Å²) < 4.78 is 14.5. The molecule has 6 heteroatoms. The highest BCUT2D eigenvalue weighted by Gasteiger charge is 2.21. The zero-order valence-electron chi connectivity index (χ0n) is 11.0. The summed E-state index contributed by atoms with van der Waals surface area (Å²) in [5.74, 6) is -0.231. The fourth-order valence-corrected chi connectivity index (χ4v) is 1.97. The number of methoxy groups -OCH3 is 2. The van der Waals surface area contributed by atoms with E-state index in [1.807, 2.05) is 0 Å². The minimum Gasteiger partial charge on any atom is -0.468 e. The molecule has 0 N–H and O–H groups in total. The third-order valence-electron chi connectivity index (χ3n) is 3.02. The number of carbonyl (C=O) groups excluding carboxylic acids is 2. The number of rotatable bonds is 6. The summed E-state index contributed by atoms with van der Waals surface area (Å²) in [4.78, 5) is 24.4. The molecule has 1 aliphatic heterocycles. The van der Waals surface area contributed by atoms with Crippen molar-refractivity contribution in [3.63, 3.8) is 0 Å². The monoisotopic (exact) mass is 259 g/mol. The van der Waals surface area contributed by atoms with Gasteiger partial charge < -0.3 is 14.2 Å². The van der Waals surface area contributed by atoms with Gasteiger partial charge in [0.05, 0.1) is 27.3 Å². The van der Waals surface area contributed by atoms with Crippen LogP contribution >= 0.6 is 0 Å². The van der Waals surface area contributed by atoms with Crippen LogP contribution in [-0.4, -0.2) is 63.9 Å². The van der Waals surface area contributed by atoms with Crippen molar-refractivity contribution in [3.8, 4) is 0 Å². The third-order valence-corrected chi connectivity index (χ3v) is 3.02. The molecule has 1 aliphatic rings. The fraction of sp³-hybridized carbons (Fsp3) is 0.833. The van der Waals surface area contributed by atoms with Crippen molar-refractivity contribution in [2.45, 2.75) is 12.8 Å². The first-order chi connectivity index (χ1) is 8.65. The van der Waals surface area contributed by atoms with Crippen molar-refractivity contribution < 1.29 is 23.8 Å². The highest BCUT2D eigenvalue weighted by Crippen LogP contribution is 2.16. The summed E-state index contributed by atoms with van der Waals surface area (Å²) in [7, 11) is 2.68. The minimum absolute atomic E-state index is 0.114. The molecule has 0 aromatic heterocycles. The van der Waals surface area contributed by atoms with Gasteiger partial charge in [0.15, 0.2) is 0 Å². The smallest absolute Gasteiger partial charge is 0.319 e. The fourth-order valence-electron chi connectivity index (χ4n) is 1.97. The third kappa shape index (κ3) is 5.46. The largest absolute Gasteiger partial charge is 0.468 e. The first-order valence-corrected chi connectivity index (χ1v) is 6.09. The quantitative estimate of drug-likeness (QED) is 0.629. The molecule has 1 heterocycles. The Morgan fingerprint density at radius 2 is 1.61 bits per heavy atom. The molecular formula is C12H21NO5. The number of carbonyl (C=O) groups is 2. The van der Waals surface area contributed by atoms with Gasteiger partial charge in [-0.2, -0.15) is 0 Å². The Morgan fingerprint density at radius 1 is 1.11 bits per heavy atom. The molecule has 1 saturated heterocycles. The van der Waals surface area contributed by atoms with Crippen molar-refractivity contribution in [2.24, 2.45) is 5.92 Å². The van der Waals surface area contributed by atoms with Crippen molar-refractivity contribution in [3.05, 3.63) is 0 Å². The summed E-state index contributed by atoms with van der Waals surface area (Å²) in [6.07, 6.45) is 1.91. The van der Waals surface area contributed by atoms with Crippen molar-refractivity contribution in [1.82, 2.24) is 4.90 Å². The van der Waals surface area contributed by atoms with Crippen molar-refractivity contribution >= 4 is 11.9 Å². The summed E-state index contributed by atoms with van der Waals surface area (Å²) >= 11 is 0. The van der Waals surface area contributed by atoms with E-state index in [2.05, 4.69) is 9.47 Å². The molecule has 6 nitrogen and oxygen atoms in total. The molecule has 18 heavy (non-hydrogen) atoms. The van der Waals surface area contributed by atoms with E-state index >= 15 is 0 Å². The van der Waals surface area contributed by atoms with E-state index in [0.717, 1.165) is 26.1 Å². The van der Waals surface area contributed by atoms with Gasteiger partial charge in [-0.05, 0) is 18.8 Å². The Bertz CT molecular complexity index is 258. The lowest BCUT2D eigenvalue weighted by Gasteiger charge is -2.28. The Hall–Kier alpha value is -1.14. The van der Waals surface area contributed by atoms with Gasteiger partial charge in [0.25, 0.3) is 0 Å². The first kappa shape index (κ1) is 14.9. The van der Waals surface area contributed by atoms with Gasteiger partial charge in [-0.25, -0.2) is 0 Å². The van der Waals surface area contributed by atoms with E-state index in [-0.39, 0.29) is 25.0 Å². The lowest BCUT2D eigenvalue weighted by molar-refractivity contribution is -0.146. The molecule has 104 valence electrons. The second kappa shape index (κ2) is 8.05. The van der Waals surface area contributed by atoms with Crippen LogP contribution in [-0.2, 0) is 23.8 Å². The van der Waals surface area contributed by atoms with Crippen LogP contribution in [0.1, 0.15) is 12.8 Å². The molecule has 1 fully saturated rings. The molecule has 0 saturated carbocycles. The second-order valence-corrected chi connectivity index (χ2v) is 4.38. The predicted molar refractivity (Wildman–Crippen MR) is 64.0 cm³/mol. The van der Waals surface area contributed by atoms with Crippen LogP contribution in [0.5, 0.6) is 0 Å². The normalized spacial score (nSPS) is 16.6. The zero-order valence-corrected chi connectivity index (χ0v) is 11.0. The van der Waals surface area contributed by atoms with Gasteiger partial charge in [-0.15, -0.1) is 0 Å². The summed E-state index contributed by atoms with van der Waals surface area (Å²) in [5.41, 5.74) is 0. The van der Waals surface area contributed by atoms with Crippen LogP contribution in [0.4, 0.5) is 0 Å². The molecule has 0 aliphatic carbocycles. The highest BCUT2D eigenvalue weighted by atomic mass is 16.5. The van der Waals surface area contributed by atoms with E-state index in [1.54, 1.807) is 4.90 Å². The molecule has 0 spiro atoms. The van der Waals surface area contributed by atoms with E-state index in [0.29, 0.717) is 12.5 Å². The first-order valence-electron chi connectivity index (χ1n) is 6.09. The van der Waals surface area contributed by atoms with Crippen LogP contribution in [0.25, 0.3) is 0 Å². The molecular weight excluding hydrogens is 238 g/mol. The average molecular weight is 259 g/mol. The molecule has 0 atom stereocenters. The zero-order chi connectivity index (χ0) is 13.4. The molecule has 0 aromatic carbocycles.